The lowest BCUT2D eigenvalue weighted by atomic mass is 10.1. The van der Waals surface area contributed by atoms with Crippen LogP contribution in [0.2, 0.25) is 0 Å². The third kappa shape index (κ3) is 3.10. The van der Waals surface area contributed by atoms with E-state index in [0.717, 1.165) is 0 Å². The van der Waals surface area contributed by atoms with E-state index in [9.17, 15) is 13.2 Å². The van der Waals surface area contributed by atoms with Crippen LogP contribution in [0.4, 0.5) is 0 Å². The van der Waals surface area contributed by atoms with E-state index < -0.39 is 10.0 Å². The zero-order valence-corrected chi connectivity index (χ0v) is 12.0. The number of alkyl halides is 1. The highest BCUT2D eigenvalue weighted by molar-refractivity contribution is 7.89. The summed E-state index contributed by atoms with van der Waals surface area (Å²) in [7, 11) is -3.46. The Balaban J connectivity index is 3.08. The SMILES string of the molecule is CCN(CC)S(=O)(=O)c1ccc(C(=O)CCl)cc1. The second-order valence-electron chi connectivity index (χ2n) is 3.67. The van der Waals surface area contributed by atoms with E-state index in [4.69, 9.17) is 11.6 Å². The number of Topliss-reactive ketones (excluding diaryl/α,β-unsaturated/α-hetero) is 1. The Morgan fingerprint density at radius 3 is 2.06 bits per heavy atom. The second kappa shape index (κ2) is 6.31. The van der Waals surface area contributed by atoms with Gasteiger partial charge in [0.2, 0.25) is 10.0 Å². The number of hydrogen-bond donors (Lipinski definition) is 0. The van der Waals surface area contributed by atoms with Crippen molar-refractivity contribution in [2.45, 2.75) is 18.7 Å². The average Bonchev–Trinajstić information content (AvgIpc) is 2.39. The Morgan fingerprint density at radius 2 is 1.67 bits per heavy atom. The fourth-order valence-corrected chi connectivity index (χ4v) is 3.21. The smallest absolute Gasteiger partial charge is 0.243 e. The van der Waals surface area contributed by atoms with Crippen LogP contribution in [0, 0.1) is 0 Å². The predicted molar refractivity (Wildman–Crippen MR) is 71.6 cm³/mol. The van der Waals surface area contributed by atoms with Gasteiger partial charge in [-0.25, -0.2) is 8.42 Å². The predicted octanol–water partition coefficient (Wildman–Crippen LogP) is 2.14. The third-order valence-corrected chi connectivity index (χ3v) is 4.95. The fraction of sp³-hybridized carbons (Fsp3) is 0.417. The van der Waals surface area contributed by atoms with Gasteiger partial charge < -0.3 is 0 Å². The molecule has 0 aliphatic rings. The molecule has 0 amide bonds. The molecule has 0 saturated carbocycles. The zero-order chi connectivity index (χ0) is 13.8. The summed E-state index contributed by atoms with van der Waals surface area (Å²) in [5.74, 6) is -0.328. The topological polar surface area (TPSA) is 54.5 Å². The number of carbonyl (C=O) groups is 1. The lowest BCUT2D eigenvalue weighted by Gasteiger charge is -2.18. The molecule has 0 atom stereocenters. The largest absolute Gasteiger partial charge is 0.293 e. The van der Waals surface area contributed by atoms with Gasteiger partial charge in [0.25, 0.3) is 0 Å². The highest BCUT2D eigenvalue weighted by Crippen LogP contribution is 2.16. The van der Waals surface area contributed by atoms with E-state index >= 15 is 0 Å². The van der Waals surface area contributed by atoms with Crippen LogP contribution in [0.3, 0.4) is 0 Å². The lowest BCUT2D eigenvalue weighted by Crippen LogP contribution is -2.30. The van der Waals surface area contributed by atoms with Gasteiger partial charge in [0.15, 0.2) is 5.78 Å². The molecule has 0 heterocycles. The van der Waals surface area contributed by atoms with Gasteiger partial charge in [0, 0.05) is 18.7 Å². The van der Waals surface area contributed by atoms with Crippen molar-refractivity contribution < 1.29 is 13.2 Å². The van der Waals surface area contributed by atoms with E-state index in [-0.39, 0.29) is 16.6 Å². The van der Waals surface area contributed by atoms with Gasteiger partial charge in [-0.1, -0.05) is 26.0 Å². The van der Waals surface area contributed by atoms with Crippen molar-refractivity contribution in [3.8, 4) is 0 Å². The van der Waals surface area contributed by atoms with Crippen LogP contribution in [0.1, 0.15) is 24.2 Å². The average molecular weight is 290 g/mol. The third-order valence-electron chi connectivity index (χ3n) is 2.64. The fourth-order valence-electron chi connectivity index (χ4n) is 1.60. The van der Waals surface area contributed by atoms with Crippen LogP contribution in [0.15, 0.2) is 29.2 Å². The van der Waals surface area contributed by atoms with E-state index in [2.05, 4.69) is 0 Å². The summed E-state index contributed by atoms with van der Waals surface area (Å²) in [6.07, 6.45) is 0. The van der Waals surface area contributed by atoms with Crippen LogP contribution >= 0.6 is 11.6 Å². The molecule has 100 valence electrons. The Kier molecular flexibility index (Phi) is 5.31. The number of halogens is 1. The number of sulfonamides is 1. The maximum absolute atomic E-state index is 12.2. The monoisotopic (exact) mass is 289 g/mol. The first-order valence-electron chi connectivity index (χ1n) is 5.66. The maximum Gasteiger partial charge on any atom is 0.243 e. The highest BCUT2D eigenvalue weighted by Gasteiger charge is 2.21. The summed E-state index contributed by atoms with van der Waals surface area (Å²) in [5.41, 5.74) is 0.420. The summed E-state index contributed by atoms with van der Waals surface area (Å²) >= 11 is 5.44. The highest BCUT2D eigenvalue weighted by atomic mass is 35.5. The minimum Gasteiger partial charge on any atom is -0.293 e. The molecule has 6 heteroatoms. The summed E-state index contributed by atoms with van der Waals surface area (Å²) in [6, 6.07) is 5.85. The molecular formula is C12H16ClNO3S. The molecule has 0 aromatic heterocycles. The number of nitrogens with zero attached hydrogens (tertiary/aromatic N) is 1. The van der Waals surface area contributed by atoms with E-state index in [1.165, 1.54) is 28.6 Å². The zero-order valence-electron chi connectivity index (χ0n) is 10.4. The quantitative estimate of drug-likeness (QED) is 0.595. The molecule has 0 aliphatic carbocycles. The Hall–Kier alpha value is -0.910. The van der Waals surface area contributed by atoms with Gasteiger partial charge in [-0.05, 0) is 12.1 Å². The van der Waals surface area contributed by atoms with Gasteiger partial charge >= 0.3 is 0 Å². The van der Waals surface area contributed by atoms with Crippen LogP contribution < -0.4 is 0 Å². The molecule has 0 radical (unpaired) electrons. The standard InChI is InChI=1S/C12H16ClNO3S/c1-3-14(4-2)18(16,17)11-7-5-10(6-8-11)12(15)9-13/h5-8H,3-4,9H2,1-2H3. The Morgan fingerprint density at radius 1 is 1.17 bits per heavy atom. The number of ketones is 1. The first kappa shape index (κ1) is 15.1. The Bertz CT molecular complexity index is 507. The van der Waals surface area contributed by atoms with E-state index in [1.54, 1.807) is 13.8 Å². The van der Waals surface area contributed by atoms with Crippen molar-refractivity contribution in [3.05, 3.63) is 29.8 Å². The molecule has 0 unspecified atom stereocenters. The molecule has 4 nitrogen and oxygen atoms in total. The molecule has 18 heavy (non-hydrogen) atoms. The van der Waals surface area contributed by atoms with Crippen LogP contribution in [-0.4, -0.2) is 37.5 Å². The molecular weight excluding hydrogens is 274 g/mol. The summed E-state index contributed by atoms with van der Waals surface area (Å²) in [5, 5.41) is 0. The summed E-state index contributed by atoms with van der Waals surface area (Å²) in [4.78, 5) is 11.5. The minimum atomic E-state index is -3.46. The van der Waals surface area contributed by atoms with Crippen molar-refractivity contribution in [1.29, 1.82) is 0 Å². The van der Waals surface area contributed by atoms with Crippen molar-refractivity contribution in [1.82, 2.24) is 4.31 Å². The molecule has 1 aromatic carbocycles. The Labute approximate surface area is 113 Å². The molecule has 0 bridgehead atoms. The summed E-state index contributed by atoms with van der Waals surface area (Å²) in [6.45, 7) is 4.40. The van der Waals surface area contributed by atoms with Crippen molar-refractivity contribution in [2.75, 3.05) is 19.0 Å². The molecule has 0 fully saturated rings. The first-order valence-corrected chi connectivity index (χ1v) is 7.64. The second-order valence-corrected chi connectivity index (χ2v) is 5.88. The van der Waals surface area contributed by atoms with Gasteiger partial charge in [-0.3, -0.25) is 4.79 Å². The number of rotatable bonds is 6. The molecule has 0 spiro atoms. The van der Waals surface area contributed by atoms with Crippen molar-refractivity contribution in [2.24, 2.45) is 0 Å². The van der Waals surface area contributed by atoms with Gasteiger partial charge in [0.05, 0.1) is 10.8 Å². The van der Waals surface area contributed by atoms with Gasteiger partial charge in [0.1, 0.15) is 0 Å². The van der Waals surface area contributed by atoms with E-state index in [1.807, 2.05) is 0 Å². The van der Waals surface area contributed by atoms with Crippen molar-refractivity contribution >= 4 is 27.4 Å². The van der Waals surface area contributed by atoms with Crippen molar-refractivity contribution in [3.63, 3.8) is 0 Å². The molecule has 1 aromatic rings. The van der Waals surface area contributed by atoms with Gasteiger partial charge in [-0.15, -0.1) is 11.6 Å². The molecule has 0 N–H and O–H groups in total. The first-order chi connectivity index (χ1) is 8.47. The van der Waals surface area contributed by atoms with E-state index in [0.29, 0.717) is 18.7 Å². The normalized spacial score (nSPS) is 11.8. The molecule has 1 rings (SSSR count). The van der Waals surface area contributed by atoms with Crippen LogP contribution in [0.25, 0.3) is 0 Å². The number of benzene rings is 1. The maximum atomic E-state index is 12.2. The molecule has 0 aliphatic heterocycles. The minimum absolute atomic E-state index is 0.109. The van der Waals surface area contributed by atoms with Crippen LogP contribution in [-0.2, 0) is 10.0 Å². The number of hydrogen-bond acceptors (Lipinski definition) is 3. The summed E-state index contributed by atoms with van der Waals surface area (Å²) < 4.78 is 25.7. The van der Waals surface area contributed by atoms with Gasteiger partial charge in [-0.2, -0.15) is 4.31 Å². The number of carbonyl (C=O) groups excluding carboxylic acids is 1. The molecule has 0 saturated heterocycles. The van der Waals surface area contributed by atoms with Crippen LogP contribution in [0.5, 0.6) is 0 Å². The lowest BCUT2D eigenvalue weighted by molar-refractivity contribution is 0.102.